The van der Waals surface area contributed by atoms with Crippen LogP contribution in [0.1, 0.15) is 23.3 Å². The Bertz CT molecular complexity index is 1080. The Morgan fingerprint density at radius 3 is 2.43 bits per heavy atom. The summed E-state index contributed by atoms with van der Waals surface area (Å²) in [5, 5.41) is 6.77. The molecular formula is C21H19N3O4. The van der Waals surface area contributed by atoms with Crippen LogP contribution in [0.2, 0.25) is 0 Å². The van der Waals surface area contributed by atoms with Crippen molar-refractivity contribution in [3.05, 3.63) is 70.6 Å². The molecule has 2 amide bonds. The summed E-state index contributed by atoms with van der Waals surface area (Å²) in [6, 6.07) is 15.5. The summed E-state index contributed by atoms with van der Waals surface area (Å²) in [7, 11) is 0. The molecule has 1 atom stereocenters. The van der Waals surface area contributed by atoms with Gasteiger partial charge in [-0.3, -0.25) is 14.4 Å². The van der Waals surface area contributed by atoms with E-state index in [9.17, 15) is 14.4 Å². The fourth-order valence-corrected chi connectivity index (χ4v) is 3.18. The van der Waals surface area contributed by atoms with E-state index in [0.29, 0.717) is 28.8 Å². The Hall–Kier alpha value is -3.45. The van der Waals surface area contributed by atoms with Gasteiger partial charge in [0.25, 0.3) is 17.4 Å². The first-order valence-corrected chi connectivity index (χ1v) is 9.06. The highest BCUT2D eigenvalue weighted by molar-refractivity contribution is 6.05. The van der Waals surface area contributed by atoms with Crippen LogP contribution in [0.3, 0.4) is 0 Å². The van der Waals surface area contributed by atoms with Crippen molar-refractivity contribution >= 4 is 34.0 Å². The van der Waals surface area contributed by atoms with E-state index < -0.39 is 12.0 Å². The van der Waals surface area contributed by atoms with Gasteiger partial charge in [0, 0.05) is 23.4 Å². The van der Waals surface area contributed by atoms with Crippen LogP contribution < -0.4 is 16.2 Å². The molecule has 3 N–H and O–H groups in total. The normalized spacial score (nSPS) is 16.1. The molecule has 0 bridgehead atoms. The molecule has 7 heteroatoms. The maximum atomic E-state index is 12.5. The Morgan fingerprint density at radius 1 is 1.00 bits per heavy atom. The molecule has 2 heterocycles. The second-order valence-corrected chi connectivity index (χ2v) is 6.62. The third kappa shape index (κ3) is 3.79. The van der Waals surface area contributed by atoms with E-state index in [0.717, 1.165) is 12.8 Å². The average Bonchev–Trinajstić information content (AvgIpc) is 3.24. The lowest BCUT2D eigenvalue weighted by Gasteiger charge is -2.11. The maximum Gasteiger partial charge on any atom is 0.272 e. The molecular weight excluding hydrogens is 358 g/mol. The number of pyridine rings is 1. The first kappa shape index (κ1) is 17.9. The zero-order chi connectivity index (χ0) is 19.5. The Morgan fingerprint density at radius 2 is 1.71 bits per heavy atom. The van der Waals surface area contributed by atoms with E-state index >= 15 is 0 Å². The minimum atomic E-state index is -0.418. The zero-order valence-electron chi connectivity index (χ0n) is 15.0. The van der Waals surface area contributed by atoms with Gasteiger partial charge in [0.1, 0.15) is 11.8 Å². The number of ether oxygens (including phenoxy) is 1. The molecule has 28 heavy (non-hydrogen) atoms. The number of anilines is 2. The van der Waals surface area contributed by atoms with Crippen LogP contribution >= 0.6 is 0 Å². The van der Waals surface area contributed by atoms with Crippen molar-refractivity contribution in [2.45, 2.75) is 18.9 Å². The summed E-state index contributed by atoms with van der Waals surface area (Å²) in [5.74, 6) is -0.581. The van der Waals surface area contributed by atoms with Gasteiger partial charge in [-0.1, -0.05) is 18.2 Å². The molecule has 0 saturated carbocycles. The van der Waals surface area contributed by atoms with E-state index in [2.05, 4.69) is 15.6 Å². The number of carbonyl (C=O) groups excluding carboxylic acids is 2. The number of H-pyrrole nitrogens is 1. The van der Waals surface area contributed by atoms with Gasteiger partial charge in [-0.05, 0) is 54.6 Å². The minimum absolute atomic E-state index is 0.164. The molecule has 2 aromatic carbocycles. The first-order valence-electron chi connectivity index (χ1n) is 9.06. The van der Waals surface area contributed by atoms with Gasteiger partial charge in [-0.15, -0.1) is 0 Å². The summed E-state index contributed by atoms with van der Waals surface area (Å²) in [4.78, 5) is 39.3. The number of carbonyl (C=O) groups is 2. The second kappa shape index (κ2) is 7.66. The van der Waals surface area contributed by atoms with E-state index in [1.54, 1.807) is 48.5 Å². The third-order valence-corrected chi connectivity index (χ3v) is 4.63. The molecule has 4 rings (SSSR count). The van der Waals surface area contributed by atoms with Gasteiger partial charge in [0.2, 0.25) is 0 Å². The van der Waals surface area contributed by atoms with Crippen molar-refractivity contribution in [1.29, 1.82) is 0 Å². The monoisotopic (exact) mass is 377 g/mol. The summed E-state index contributed by atoms with van der Waals surface area (Å²) in [6.45, 7) is 0.611. The molecule has 0 unspecified atom stereocenters. The van der Waals surface area contributed by atoms with Gasteiger partial charge in [-0.25, -0.2) is 0 Å². The van der Waals surface area contributed by atoms with E-state index in [4.69, 9.17) is 4.74 Å². The molecule has 142 valence electrons. The predicted octanol–water partition coefficient (Wildman–Crippen LogP) is 2.90. The molecule has 0 aliphatic carbocycles. The number of aromatic amines is 1. The predicted molar refractivity (Wildman–Crippen MR) is 107 cm³/mol. The molecule has 1 fully saturated rings. The number of aromatic nitrogens is 1. The molecule has 3 aromatic rings. The van der Waals surface area contributed by atoms with Crippen LogP contribution in [0, 0.1) is 0 Å². The van der Waals surface area contributed by atoms with E-state index in [-0.39, 0.29) is 17.2 Å². The van der Waals surface area contributed by atoms with Crippen molar-refractivity contribution in [1.82, 2.24) is 4.98 Å². The Balaban J connectivity index is 1.44. The lowest BCUT2D eigenvalue weighted by Crippen LogP contribution is -2.26. The lowest BCUT2D eigenvalue weighted by molar-refractivity contribution is -0.124. The van der Waals surface area contributed by atoms with Gasteiger partial charge in [-0.2, -0.15) is 0 Å². The highest BCUT2D eigenvalue weighted by Gasteiger charge is 2.23. The van der Waals surface area contributed by atoms with Crippen molar-refractivity contribution in [3.63, 3.8) is 0 Å². The summed E-state index contributed by atoms with van der Waals surface area (Å²) < 4.78 is 5.35. The number of hydrogen-bond acceptors (Lipinski definition) is 4. The SMILES string of the molecule is O=C(Nc1ccc(NC(=O)[C@@H]2CCCO2)cc1)c1cc2ccccc2c(=O)[nH]1. The maximum absolute atomic E-state index is 12.5. The topological polar surface area (TPSA) is 100 Å². The third-order valence-electron chi connectivity index (χ3n) is 4.63. The van der Waals surface area contributed by atoms with Crippen molar-refractivity contribution < 1.29 is 14.3 Å². The van der Waals surface area contributed by atoms with Crippen LogP contribution in [0.5, 0.6) is 0 Å². The van der Waals surface area contributed by atoms with Crippen molar-refractivity contribution in [2.75, 3.05) is 17.2 Å². The van der Waals surface area contributed by atoms with Crippen LogP contribution in [-0.4, -0.2) is 29.5 Å². The van der Waals surface area contributed by atoms with Crippen molar-refractivity contribution in [3.8, 4) is 0 Å². The van der Waals surface area contributed by atoms with Gasteiger partial charge in [0.05, 0.1) is 0 Å². The van der Waals surface area contributed by atoms with Gasteiger partial charge >= 0.3 is 0 Å². The number of hydrogen-bond donors (Lipinski definition) is 3. The molecule has 1 aliphatic heterocycles. The van der Waals surface area contributed by atoms with Crippen LogP contribution in [0.4, 0.5) is 11.4 Å². The molecule has 0 spiro atoms. The number of rotatable bonds is 4. The largest absolute Gasteiger partial charge is 0.368 e. The zero-order valence-corrected chi connectivity index (χ0v) is 15.0. The van der Waals surface area contributed by atoms with Crippen LogP contribution in [0.25, 0.3) is 10.8 Å². The van der Waals surface area contributed by atoms with Crippen molar-refractivity contribution in [2.24, 2.45) is 0 Å². The van der Waals surface area contributed by atoms with Crippen LogP contribution in [0.15, 0.2) is 59.4 Å². The Kier molecular flexibility index (Phi) is 4.90. The number of fused-ring (bicyclic) bond motifs is 1. The smallest absolute Gasteiger partial charge is 0.272 e. The van der Waals surface area contributed by atoms with Gasteiger partial charge < -0.3 is 20.4 Å². The fourth-order valence-electron chi connectivity index (χ4n) is 3.18. The first-order chi connectivity index (χ1) is 13.6. The summed E-state index contributed by atoms with van der Waals surface area (Å²) in [6.07, 6.45) is 1.22. The molecule has 1 aliphatic rings. The van der Waals surface area contributed by atoms with E-state index in [1.165, 1.54) is 0 Å². The standard InChI is InChI=1S/C21H19N3O4/c25-19-16-5-2-1-4-13(16)12-17(24-19)20(26)22-14-7-9-15(10-8-14)23-21(27)18-6-3-11-28-18/h1-2,4-5,7-10,12,18H,3,6,11H2,(H,22,26)(H,23,27)(H,24,25)/t18-/m0/s1. The lowest BCUT2D eigenvalue weighted by atomic mass is 10.1. The number of amides is 2. The van der Waals surface area contributed by atoms with Gasteiger partial charge in [0.15, 0.2) is 0 Å². The average molecular weight is 377 g/mol. The number of nitrogens with one attached hydrogen (secondary N) is 3. The molecule has 7 nitrogen and oxygen atoms in total. The quantitative estimate of drug-likeness (QED) is 0.651. The minimum Gasteiger partial charge on any atom is -0.368 e. The number of benzene rings is 2. The summed E-state index contributed by atoms with van der Waals surface area (Å²) >= 11 is 0. The summed E-state index contributed by atoms with van der Waals surface area (Å²) in [5.41, 5.74) is 1.04. The fraction of sp³-hybridized carbons (Fsp3) is 0.190. The molecule has 1 saturated heterocycles. The molecule has 0 radical (unpaired) electrons. The highest BCUT2D eigenvalue weighted by Crippen LogP contribution is 2.18. The van der Waals surface area contributed by atoms with Crippen LogP contribution in [-0.2, 0) is 9.53 Å². The highest BCUT2D eigenvalue weighted by atomic mass is 16.5. The second-order valence-electron chi connectivity index (χ2n) is 6.62. The molecule has 1 aromatic heterocycles. The van der Waals surface area contributed by atoms with E-state index in [1.807, 2.05) is 6.07 Å². The Labute approximate surface area is 160 Å².